The quantitative estimate of drug-likeness (QED) is 0.224. The molecule has 1 unspecified atom stereocenters. The van der Waals surface area contributed by atoms with Gasteiger partial charge in [-0.15, -0.1) is 0 Å². The molecule has 5 rings (SSSR count). The summed E-state index contributed by atoms with van der Waals surface area (Å²) >= 11 is 6.28. The normalized spacial score (nSPS) is 23.4. The molecule has 7 heteroatoms. The molecule has 1 saturated carbocycles. The minimum atomic E-state index is -0.806. The molecule has 0 bridgehead atoms. The maximum atomic E-state index is 13.3. The van der Waals surface area contributed by atoms with Gasteiger partial charge in [0.15, 0.2) is 0 Å². The van der Waals surface area contributed by atoms with Gasteiger partial charge >= 0.3 is 5.97 Å². The second-order valence-corrected chi connectivity index (χ2v) is 12.9. The molecule has 43 heavy (non-hydrogen) atoms. The minimum Gasteiger partial charge on any atom is -0.497 e. The fraction of sp³-hybridized carbons (Fsp3) is 0.472. The summed E-state index contributed by atoms with van der Waals surface area (Å²) in [5, 5.41) is 4.17. The van der Waals surface area contributed by atoms with Gasteiger partial charge in [-0.05, 0) is 121 Å². The number of hydrogen-bond acceptors (Lipinski definition) is 6. The van der Waals surface area contributed by atoms with Gasteiger partial charge in [-0.3, -0.25) is 0 Å². The number of carbonyl (C=O) groups is 1. The number of halogens is 1. The zero-order valence-corrected chi connectivity index (χ0v) is 26.8. The van der Waals surface area contributed by atoms with E-state index < -0.39 is 5.54 Å². The van der Waals surface area contributed by atoms with Crippen LogP contribution < -0.4 is 14.8 Å². The lowest BCUT2D eigenvalue weighted by Gasteiger charge is -2.47. The lowest BCUT2D eigenvalue weighted by Crippen LogP contribution is -2.53. The Morgan fingerprint density at radius 1 is 1.00 bits per heavy atom. The number of fused-ring (bicyclic) bond motifs is 2. The summed E-state index contributed by atoms with van der Waals surface area (Å²) in [5.74, 6) is 2.38. The minimum absolute atomic E-state index is 0.0475. The van der Waals surface area contributed by atoms with Gasteiger partial charge in [-0.1, -0.05) is 42.8 Å². The van der Waals surface area contributed by atoms with Crippen LogP contribution in [0.4, 0.5) is 5.69 Å². The standard InChI is InChI=1S/C36H44ClNO5/c1-24(22-43-23-26-9-11-31(40-3)12-10-26)17-28-19-27-18-25(2)33(41-4)21-32(27)35(28)13-15-36(16-14-35,34(39)42-5)38-30-8-6-7-29(37)20-30/h6-12,18,20-21,24,28,38H,13-17,19,22-23H2,1-5H3/t24-,28?,35?,36?/m1/s1. The second kappa shape index (κ2) is 13.2. The highest BCUT2D eigenvalue weighted by molar-refractivity contribution is 6.30. The number of carbonyl (C=O) groups excluding carboxylic acids is 1. The molecule has 0 heterocycles. The van der Waals surface area contributed by atoms with E-state index in [1.165, 1.54) is 18.2 Å². The average Bonchev–Trinajstić information content (AvgIpc) is 3.28. The maximum Gasteiger partial charge on any atom is 0.331 e. The third-order valence-electron chi connectivity index (χ3n) is 9.70. The molecular formula is C36H44ClNO5. The third-order valence-corrected chi connectivity index (χ3v) is 9.94. The van der Waals surface area contributed by atoms with E-state index in [2.05, 4.69) is 43.4 Å². The summed E-state index contributed by atoms with van der Waals surface area (Å²) in [4.78, 5) is 13.3. The number of nitrogens with one attached hydrogen (secondary N) is 1. The maximum absolute atomic E-state index is 13.3. The molecule has 0 amide bonds. The molecule has 2 aliphatic rings. The number of rotatable bonds is 11. The first kappa shape index (κ1) is 31.2. The van der Waals surface area contributed by atoms with Crippen molar-refractivity contribution >= 4 is 23.3 Å². The van der Waals surface area contributed by atoms with Crippen LogP contribution in [-0.4, -0.2) is 39.4 Å². The van der Waals surface area contributed by atoms with Crippen molar-refractivity contribution in [2.45, 2.75) is 69.9 Å². The topological polar surface area (TPSA) is 66.0 Å². The molecule has 0 aliphatic heterocycles. The Bertz CT molecular complexity index is 1410. The molecule has 3 aromatic carbocycles. The van der Waals surface area contributed by atoms with E-state index in [4.69, 9.17) is 30.5 Å². The van der Waals surface area contributed by atoms with E-state index in [-0.39, 0.29) is 11.4 Å². The van der Waals surface area contributed by atoms with E-state index in [0.717, 1.165) is 54.0 Å². The van der Waals surface area contributed by atoms with Crippen molar-refractivity contribution in [2.24, 2.45) is 11.8 Å². The van der Waals surface area contributed by atoms with Crippen LogP contribution in [0.5, 0.6) is 11.5 Å². The third kappa shape index (κ3) is 6.51. The van der Waals surface area contributed by atoms with Crippen molar-refractivity contribution in [2.75, 3.05) is 33.3 Å². The number of benzene rings is 3. The number of aryl methyl sites for hydroxylation is 1. The number of ether oxygens (including phenoxy) is 4. The van der Waals surface area contributed by atoms with Gasteiger partial charge in [0.25, 0.3) is 0 Å². The van der Waals surface area contributed by atoms with Crippen LogP contribution >= 0.6 is 11.6 Å². The molecule has 0 radical (unpaired) electrons. The molecule has 6 nitrogen and oxygen atoms in total. The summed E-state index contributed by atoms with van der Waals surface area (Å²) in [6.45, 7) is 5.68. The van der Waals surface area contributed by atoms with Crippen molar-refractivity contribution in [1.29, 1.82) is 0 Å². The van der Waals surface area contributed by atoms with Crippen molar-refractivity contribution in [3.05, 3.63) is 87.9 Å². The van der Waals surface area contributed by atoms with Crippen LogP contribution in [0.1, 0.15) is 61.3 Å². The SMILES string of the molecule is COC(=O)C1(Nc2cccc(Cl)c2)CCC2(CC1)c1cc(OC)c(C)cc1CC2C[C@@H](C)COCc1ccc(OC)cc1. The van der Waals surface area contributed by atoms with E-state index in [1.54, 1.807) is 14.2 Å². The molecule has 3 aromatic rings. The Hall–Kier alpha value is -3.22. The predicted molar refractivity (Wildman–Crippen MR) is 171 cm³/mol. The van der Waals surface area contributed by atoms with Crippen molar-refractivity contribution in [3.63, 3.8) is 0 Å². The summed E-state index contributed by atoms with van der Waals surface area (Å²) in [7, 11) is 4.90. The van der Waals surface area contributed by atoms with Gasteiger partial charge in [0.1, 0.15) is 17.0 Å². The van der Waals surface area contributed by atoms with Gasteiger partial charge in [0.05, 0.1) is 27.9 Å². The van der Waals surface area contributed by atoms with E-state index in [1.807, 2.05) is 36.4 Å². The van der Waals surface area contributed by atoms with Gasteiger partial charge in [0, 0.05) is 17.3 Å². The highest BCUT2D eigenvalue weighted by atomic mass is 35.5. The number of esters is 1. The van der Waals surface area contributed by atoms with Crippen LogP contribution in [0.15, 0.2) is 60.7 Å². The fourth-order valence-electron chi connectivity index (χ4n) is 7.46. The molecule has 1 N–H and O–H groups in total. The summed E-state index contributed by atoms with van der Waals surface area (Å²) in [5.41, 5.74) is 5.07. The molecule has 1 fully saturated rings. The van der Waals surface area contributed by atoms with Crippen LogP contribution in [0.3, 0.4) is 0 Å². The van der Waals surface area contributed by atoms with Gasteiger partial charge in [-0.25, -0.2) is 4.79 Å². The Kier molecular flexibility index (Phi) is 9.57. The van der Waals surface area contributed by atoms with E-state index >= 15 is 0 Å². The number of anilines is 1. The van der Waals surface area contributed by atoms with Crippen molar-refractivity contribution in [3.8, 4) is 11.5 Å². The van der Waals surface area contributed by atoms with Gasteiger partial charge in [0.2, 0.25) is 0 Å². The zero-order valence-electron chi connectivity index (χ0n) is 26.0. The zero-order chi connectivity index (χ0) is 30.6. The monoisotopic (exact) mass is 605 g/mol. The molecule has 0 aromatic heterocycles. The molecule has 0 saturated heterocycles. The lowest BCUT2D eigenvalue weighted by atomic mass is 9.59. The molecule has 2 aliphatic carbocycles. The number of methoxy groups -OCH3 is 3. The van der Waals surface area contributed by atoms with Crippen LogP contribution in [0.25, 0.3) is 0 Å². The molecule has 2 atom stereocenters. The Morgan fingerprint density at radius 3 is 2.40 bits per heavy atom. The Balaban J connectivity index is 1.35. The predicted octanol–water partition coefficient (Wildman–Crippen LogP) is 7.92. The summed E-state index contributed by atoms with van der Waals surface area (Å²) in [6.07, 6.45) is 5.15. The molecule has 230 valence electrons. The van der Waals surface area contributed by atoms with Crippen molar-refractivity contribution < 1.29 is 23.7 Å². The second-order valence-electron chi connectivity index (χ2n) is 12.4. The molecular weight excluding hydrogens is 562 g/mol. The first-order valence-corrected chi connectivity index (χ1v) is 15.6. The van der Waals surface area contributed by atoms with E-state index in [9.17, 15) is 4.79 Å². The largest absolute Gasteiger partial charge is 0.497 e. The van der Waals surface area contributed by atoms with Crippen LogP contribution in [0, 0.1) is 18.8 Å². The first-order valence-electron chi connectivity index (χ1n) is 15.2. The van der Waals surface area contributed by atoms with Gasteiger partial charge in [-0.2, -0.15) is 0 Å². The van der Waals surface area contributed by atoms with E-state index in [0.29, 0.717) is 42.9 Å². The van der Waals surface area contributed by atoms with Crippen molar-refractivity contribution in [1.82, 2.24) is 0 Å². The molecule has 1 spiro atoms. The fourth-order valence-corrected chi connectivity index (χ4v) is 7.65. The first-order chi connectivity index (χ1) is 20.7. The van der Waals surface area contributed by atoms with Crippen LogP contribution in [0.2, 0.25) is 5.02 Å². The smallest absolute Gasteiger partial charge is 0.331 e. The highest BCUT2D eigenvalue weighted by Gasteiger charge is 2.54. The highest BCUT2D eigenvalue weighted by Crippen LogP contribution is 2.57. The van der Waals surface area contributed by atoms with Gasteiger partial charge < -0.3 is 24.3 Å². The number of hydrogen-bond donors (Lipinski definition) is 1. The Labute approximate surface area is 261 Å². The summed E-state index contributed by atoms with van der Waals surface area (Å²) in [6, 6.07) is 20.2. The average molecular weight is 606 g/mol. The lowest BCUT2D eigenvalue weighted by molar-refractivity contribution is -0.148. The Morgan fingerprint density at radius 2 is 1.74 bits per heavy atom. The van der Waals surface area contributed by atoms with Crippen LogP contribution in [-0.2, 0) is 32.7 Å². The summed E-state index contributed by atoms with van der Waals surface area (Å²) < 4.78 is 22.6.